The predicted octanol–water partition coefficient (Wildman–Crippen LogP) is -0.750. The summed E-state index contributed by atoms with van der Waals surface area (Å²) in [6, 6.07) is 0.821. The van der Waals surface area contributed by atoms with Crippen LogP contribution in [0.4, 0.5) is 0 Å². The van der Waals surface area contributed by atoms with E-state index in [9.17, 15) is 4.79 Å². The van der Waals surface area contributed by atoms with E-state index in [1.54, 1.807) is 0 Å². The van der Waals surface area contributed by atoms with Crippen molar-refractivity contribution in [2.24, 2.45) is 5.73 Å². The minimum Gasteiger partial charge on any atom is -0.342 e. The van der Waals surface area contributed by atoms with Gasteiger partial charge < -0.3 is 10.6 Å². The highest BCUT2D eigenvalue weighted by Crippen LogP contribution is 2.25. The van der Waals surface area contributed by atoms with E-state index in [-0.39, 0.29) is 5.91 Å². The molecule has 1 amide bonds. The molecular formula is C9H17N3O. The lowest BCUT2D eigenvalue weighted by Crippen LogP contribution is -2.58. The summed E-state index contributed by atoms with van der Waals surface area (Å²) in [6.45, 7) is 2.31. The van der Waals surface area contributed by atoms with Crippen LogP contribution in [0.1, 0.15) is 12.8 Å². The maximum Gasteiger partial charge on any atom is 0.236 e. The second kappa shape index (κ2) is 3.27. The van der Waals surface area contributed by atoms with Crippen LogP contribution in [-0.2, 0) is 4.79 Å². The van der Waals surface area contributed by atoms with Crippen LogP contribution >= 0.6 is 0 Å². The van der Waals surface area contributed by atoms with Crippen molar-refractivity contribution < 1.29 is 4.79 Å². The number of hydrogen-bond acceptors (Lipinski definition) is 3. The van der Waals surface area contributed by atoms with E-state index in [2.05, 4.69) is 4.90 Å². The molecule has 13 heavy (non-hydrogen) atoms. The Kier molecular flexibility index (Phi) is 2.26. The number of hydrogen-bond donors (Lipinski definition) is 1. The Hall–Kier alpha value is -0.610. The minimum atomic E-state index is 0.245. The maximum absolute atomic E-state index is 11.6. The lowest BCUT2D eigenvalue weighted by atomic mass is 10.1. The van der Waals surface area contributed by atoms with Crippen LogP contribution < -0.4 is 5.73 Å². The Morgan fingerprint density at radius 1 is 1.54 bits per heavy atom. The standard InChI is InChI=1S/C9H17N3O/c1-11(8-2-3-8)9(13)6-12-4-7(10)5-12/h7-8H,2-6,10H2,1H3. The molecule has 0 bridgehead atoms. The van der Waals surface area contributed by atoms with Gasteiger partial charge in [0.2, 0.25) is 5.91 Å². The molecule has 4 heteroatoms. The quantitative estimate of drug-likeness (QED) is 0.626. The van der Waals surface area contributed by atoms with Gasteiger partial charge in [-0.1, -0.05) is 0 Å². The summed E-state index contributed by atoms with van der Waals surface area (Å²) in [6.07, 6.45) is 2.36. The molecule has 0 aromatic heterocycles. The van der Waals surface area contributed by atoms with Gasteiger partial charge in [0.25, 0.3) is 0 Å². The first-order valence-electron chi connectivity index (χ1n) is 4.90. The van der Waals surface area contributed by atoms with E-state index in [1.807, 2.05) is 11.9 Å². The number of nitrogens with two attached hydrogens (primary N) is 1. The summed E-state index contributed by atoms with van der Waals surface area (Å²) in [4.78, 5) is 15.6. The molecule has 1 saturated heterocycles. The molecule has 1 saturated carbocycles. The predicted molar refractivity (Wildman–Crippen MR) is 50.2 cm³/mol. The van der Waals surface area contributed by atoms with Gasteiger partial charge in [-0.2, -0.15) is 0 Å². The molecule has 2 fully saturated rings. The molecule has 1 heterocycles. The minimum absolute atomic E-state index is 0.245. The molecule has 0 spiro atoms. The van der Waals surface area contributed by atoms with Gasteiger partial charge >= 0.3 is 0 Å². The summed E-state index contributed by atoms with van der Waals surface area (Å²) in [5, 5.41) is 0. The Morgan fingerprint density at radius 2 is 2.15 bits per heavy atom. The first-order chi connectivity index (χ1) is 6.16. The van der Waals surface area contributed by atoms with Crippen LogP contribution in [0.5, 0.6) is 0 Å². The average molecular weight is 183 g/mol. The third kappa shape index (κ3) is 2.00. The van der Waals surface area contributed by atoms with E-state index in [0.29, 0.717) is 18.6 Å². The van der Waals surface area contributed by atoms with Gasteiger partial charge in [0.1, 0.15) is 0 Å². The van der Waals surface area contributed by atoms with Gasteiger partial charge in [0, 0.05) is 32.2 Å². The maximum atomic E-state index is 11.6. The van der Waals surface area contributed by atoms with Crippen molar-refractivity contribution in [3.05, 3.63) is 0 Å². The second-order valence-electron chi connectivity index (χ2n) is 4.19. The van der Waals surface area contributed by atoms with Gasteiger partial charge in [-0.3, -0.25) is 9.69 Å². The molecule has 2 N–H and O–H groups in total. The van der Waals surface area contributed by atoms with Crippen molar-refractivity contribution in [3.8, 4) is 0 Å². The number of carbonyl (C=O) groups excluding carboxylic acids is 1. The Morgan fingerprint density at radius 3 is 2.62 bits per heavy atom. The van der Waals surface area contributed by atoms with Crippen LogP contribution in [0.2, 0.25) is 0 Å². The number of likely N-dealkylation sites (tertiary alicyclic amines) is 1. The molecule has 0 atom stereocenters. The molecule has 0 aromatic rings. The number of amides is 1. The SMILES string of the molecule is CN(C(=O)CN1CC(N)C1)C1CC1. The lowest BCUT2D eigenvalue weighted by molar-refractivity contribution is -0.132. The van der Waals surface area contributed by atoms with Gasteiger partial charge in [0.05, 0.1) is 6.54 Å². The van der Waals surface area contributed by atoms with Gasteiger partial charge in [0.15, 0.2) is 0 Å². The van der Waals surface area contributed by atoms with E-state index in [4.69, 9.17) is 5.73 Å². The number of nitrogens with zero attached hydrogens (tertiary/aromatic N) is 2. The van der Waals surface area contributed by atoms with E-state index in [1.165, 1.54) is 12.8 Å². The molecule has 74 valence electrons. The van der Waals surface area contributed by atoms with Crippen molar-refractivity contribution >= 4 is 5.91 Å². The largest absolute Gasteiger partial charge is 0.342 e. The van der Waals surface area contributed by atoms with Crippen LogP contribution in [0.3, 0.4) is 0 Å². The lowest BCUT2D eigenvalue weighted by Gasteiger charge is -2.37. The Balaban J connectivity index is 1.71. The third-order valence-electron chi connectivity index (χ3n) is 2.83. The van der Waals surface area contributed by atoms with E-state index >= 15 is 0 Å². The average Bonchev–Trinajstić information content (AvgIpc) is 2.82. The third-order valence-corrected chi connectivity index (χ3v) is 2.83. The molecule has 2 aliphatic rings. The van der Waals surface area contributed by atoms with Gasteiger partial charge in [-0.25, -0.2) is 0 Å². The normalized spacial score (nSPS) is 24.2. The topological polar surface area (TPSA) is 49.6 Å². The van der Waals surface area contributed by atoms with Gasteiger partial charge in [-0.15, -0.1) is 0 Å². The van der Waals surface area contributed by atoms with Crippen molar-refractivity contribution in [2.75, 3.05) is 26.7 Å². The summed E-state index contributed by atoms with van der Waals surface area (Å²) in [5.74, 6) is 0.245. The first kappa shape index (κ1) is 8.97. The zero-order valence-electron chi connectivity index (χ0n) is 8.07. The second-order valence-corrected chi connectivity index (χ2v) is 4.19. The van der Waals surface area contributed by atoms with Crippen LogP contribution in [0.15, 0.2) is 0 Å². The monoisotopic (exact) mass is 183 g/mol. The first-order valence-corrected chi connectivity index (χ1v) is 4.90. The van der Waals surface area contributed by atoms with Crippen molar-refractivity contribution in [1.82, 2.24) is 9.80 Å². The highest BCUT2D eigenvalue weighted by atomic mass is 16.2. The zero-order chi connectivity index (χ0) is 9.42. The molecule has 2 rings (SSSR count). The molecule has 0 aromatic carbocycles. The van der Waals surface area contributed by atoms with Crippen molar-refractivity contribution in [2.45, 2.75) is 24.9 Å². The highest BCUT2D eigenvalue weighted by Gasteiger charge is 2.32. The van der Waals surface area contributed by atoms with E-state index in [0.717, 1.165) is 13.1 Å². The number of rotatable bonds is 3. The van der Waals surface area contributed by atoms with Crippen LogP contribution in [0, 0.1) is 0 Å². The highest BCUT2D eigenvalue weighted by molar-refractivity contribution is 5.78. The fraction of sp³-hybridized carbons (Fsp3) is 0.889. The summed E-state index contributed by atoms with van der Waals surface area (Å²) in [5.41, 5.74) is 5.63. The molecule has 1 aliphatic heterocycles. The van der Waals surface area contributed by atoms with E-state index < -0.39 is 0 Å². The molecule has 1 aliphatic carbocycles. The molecule has 0 radical (unpaired) electrons. The Bertz CT molecular complexity index is 209. The molecular weight excluding hydrogens is 166 g/mol. The zero-order valence-corrected chi connectivity index (χ0v) is 8.07. The van der Waals surface area contributed by atoms with Crippen LogP contribution in [0.25, 0.3) is 0 Å². The number of carbonyl (C=O) groups is 1. The molecule has 4 nitrogen and oxygen atoms in total. The summed E-state index contributed by atoms with van der Waals surface area (Å²) >= 11 is 0. The van der Waals surface area contributed by atoms with Crippen molar-refractivity contribution in [1.29, 1.82) is 0 Å². The number of likely N-dealkylation sites (N-methyl/N-ethyl adjacent to an activating group) is 1. The fourth-order valence-corrected chi connectivity index (χ4v) is 1.71. The summed E-state index contributed by atoms with van der Waals surface area (Å²) in [7, 11) is 1.90. The van der Waals surface area contributed by atoms with Crippen LogP contribution in [-0.4, -0.2) is 54.5 Å². The summed E-state index contributed by atoms with van der Waals surface area (Å²) < 4.78 is 0. The Labute approximate surface area is 78.7 Å². The van der Waals surface area contributed by atoms with Gasteiger partial charge in [-0.05, 0) is 12.8 Å². The smallest absolute Gasteiger partial charge is 0.236 e. The molecule has 0 unspecified atom stereocenters. The van der Waals surface area contributed by atoms with Crippen molar-refractivity contribution in [3.63, 3.8) is 0 Å². The fourth-order valence-electron chi connectivity index (χ4n) is 1.71.